The zero-order valence-corrected chi connectivity index (χ0v) is 11.3. The van der Waals surface area contributed by atoms with Crippen molar-refractivity contribution in [3.05, 3.63) is 77.0 Å². The van der Waals surface area contributed by atoms with E-state index in [0.29, 0.717) is 5.56 Å². The molecule has 1 N–H and O–H groups in total. The summed E-state index contributed by atoms with van der Waals surface area (Å²) in [6, 6.07) is 12.2. The zero-order valence-electron chi connectivity index (χ0n) is 11.3. The van der Waals surface area contributed by atoms with Crippen LogP contribution in [0.15, 0.2) is 48.5 Å². The number of hydrogen-bond acceptors (Lipinski definition) is 2. The van der Waals surface area contributed by atoms with E-state index >= 15 is 0 Å². The second-order valence-corrected chi connectivity index (χ2v) is 4.97. The van der Waals surface area contributed by atoms with Crippen molar-refractivity contribution in [1.29, 1.82) is 0 Å². The molecule has 1 heterocycles. The molecule has 1 unspecified atom stereocenters. The first kappa shape index (κ1) is 13.6. The standard InChI is InChI=1S/C17H13F2NO/c1-10-2-3-11-8-12(4-7-16(11)20-10)17(21)14-6-5-13(18)9-15(14)19/h2-9,17,21H,1H3. The number of fused-ring (bicyclic) bond motifs is 1. The number of halogens is 2. The normalized spacial score (nSPS) is 12.6. The van der Waals surface area contributed by atoms with Gasteiger partial charge in [-0.25, -0.2) is 8.78 Å². The maximum absolute atomic E-state index is 13.7. The number of aliphatic hydroxyl groups excluding tert-OH is 1. The summed E-state index contributed by atoms with van der Waals surface area (Å²) in [7, 11) is 0. The summed E-state index contributed by atoms with van der Waals surface area (Å²) in [4.78, 5) is 4.37. The molecular formula is C17H13F2NO. The molecule has 2 nitrogen and oxygen atoms in total. The van der Waals surface area contributed by atoms with Gasteiger partial charge in [0.15, 0.2) is 0 Å². The lowest BCUT2D eigenvalue weighted by Gasteiger charge is -2.13. The molecule has 0 saturated heterocycles. The van der Waals surface area contributed by atoms with Gasteiger partial charge in [0, 0.05) is 22.7 Å². The van der Waals surface area contributed by atoms with E-state index in [4.69, 9.17) is 0 Å². The van der Waals surface area contributed by atoms with Crippen molar-refractivity contribution < 1.29 is 13.9 Å². The van der Waals surface area contributed by atoms with Gasteiger partial charge in [0.25, 0.3) is 0 Å². The summed E-state index contributed by atoms with van der Waals surface area (Å²) in [5.41, 5.74) is 2.31. The SMILES string of the molecule is Cc1ccc2cc(C(O)c3ccc(F)cc3F)ccc2n1. The molecule has 0 aliphatic rings. The molecule has 1 aromatic heterocycles. The van der Waals surface area contributed by atoms with Crippen LogP contribution >= 0.6 is 0 Å². The van der Waals surface area contributed by atoms with E-state index in [1.165, 1.54) is 6.07 Å². The molecule has 2 aromatic carbocycles. The predicted octanol–water partition coefficient (Wildman–Crippen LogP) is 3.90. The van der Waals surface area contributed by atoms with Crippen LogP contribution in [0, 0.1) is 18.6 Å². The van der Waals surface area contributed by atoms with Gasteiger partial charge in [-0.1, -0.05) is 18.2 Å². The minimum atomic E-state index is -1.14. The van der Waals surface area contributed by atoms with Gasteiger partial charge in [0.1, 0.15) is 17.7 Å². The van der Waals surface area contributed by atoms with Gasteiger partial charge in [-0.3, -0.25) is 4.98 Å². The number of benzene rings is 2. The average Bonchev–Trinajstić information content (AvgIpc) is 2.46. The summed E-state index contributed by atoms with van der Waals surface area (Å²) < 4.78 is 26.7. The van der Waals surface area contributed by atoms with Crippen molar-refractivity contribution in [2.45, 2.75) is 13.0 Å². The van der Waals surface area contributed by atoms with Crippen molar-refractivity contribution in [3.8, 4) is 0 Å². The highest BCUT2D eigenvalue weighted by molar-refractivity contribution is 5.79. The van der Waals surface area contributed by atoms with Gasteiger partial charge in [0.05, 0.1) is 5.52 Å². The molecule has 0 aliphatic carbocycles. The van der Waals surface area contributed by atoms with Crippen molar-refractivity contribution in [1.82, 2.24) is 4.98 Å². The van der Waals surface area contributed by atoms with Gasteiger partial charge in [0.2, 0.25) is 0 Å². The Hall–Kier alpha value is -2.33. The summed E-state index contributed by atoms with van der Waals surface area (Å²) >= 11 is 0. The Labute approximate surface area is 120 Å². The van der Waals surface area contributed by atoms with Crippen LogP contribution in [0.25, 0.3) is 10.9 Å². The van der Waals surface area contributed by atoms with Crippen LogP contribution in [0.2, 0.25) is 0 Å². The number of pyridine rings is 1. The second-order valence-electron chi connectivity index (χ2n) is 4.97. The van der Waals surface area contributed by atoms with E-state index in [9.17, 15) is 13.9 Å². The number of aryl methyl sites for hydroxylation is 1. The Balaban J connectivity index is 2.04. The van der Waals surface area contributed by atoms with Gasteiger partial charge in [-0.2, -0.15) is 0 Å². The largest absolute Gasteiger partial charge is 0.384 e. The van der Waals surface area contributed by atoms with E-state index in [1.807, 2.05) is 19.1 Å². The van der Waals surface area contributed by atoms with E-state index in [2.05, 4.69) is 4.98 Å². The molecule has 21 heavy (non-hydrogen) atoms. The molecule has 1 atom stereocenters. The monoisotopic (exact) mass is 285 g/mol. The van der Waals surface area contributed by atoms with Crippen LogP contribution in [-0.2, 0) is 0 Å². The first-order chi connectivity index (χ1) is 10.0. The lowest BCUT2D eigenvalue weighted by Crippen LogP contribution is -2.03. The minimum absolute atomic E-state index is 0.0517. The summed E-state index contributed by atoms with van der Waals surface area (Å²) in [6.07, 6.45) is -1.14. The fourth-order valence-corrected chi connectivity index (χ4v) is 2.32. The van der Waals surface area contributed by atoms with Crippen molar-refractivity contribution >= 4 is 10.9 Å². The van der Waals surface area contributed by atoms with E-state index in [1.54, 1.807) is 18.2 Å². The molecule has 0 fully saturated rings. The summed E-state index contributed by atoms with van der Waals surface area (Å²) in [5.74, 6) is -1.42. The van der Waals surface area contributed by atoms with Crippen LogP contribution in [0.4, 0.5) is 8.78 Å². The Morgan fingerprint density at radius 1 is 1.00 bits per heavy atom. The van der Waals surface area contributed by atoms with E-state index in [0.717, 1.165) is 28.7 Å². The third-order valence-electron chi connectivity index (χ3n) is 3.43. The number of rotatable bonds is 2. The molecule has 0 bridgehead atoms. The third kappa shape index (κ3) is 2.62. The average molecular weight is 285 g/mol. The maximum atomic E-state index is 13.7. The first-order valence-corrected chi connectivity index (χ1v) is 6.55. The number of aromatic nitrogens is 1. The third-order valence-corrected chi connectivity index (χ3v) is 3.43. The molecule has 0 radical (unpaired) electrons. The highest BCUT2D eigenvalue weighted by Crippen LogP contribution is 2.27. The Morgan fingerprint density at radius 3 is 2.57 bits per heavy atom. The van der Waals surface area contributed by atoms with Gasteiger partial charge in [-0.05, 0) is 36.8 Å². The maximum Gasteiger partial charge on any atom is 0.132 e. The van der Waals surface area contributed by atoms with Crippen LogP contribution in [-0.4, -0.2) is 10.1 Å². The second kappa shape index (κ2) is 5.22. The predicted molar refractivity (Wildman–Crippen MR) is 76.9 cm³/mol. The zero-order chi connectivity index (χ0) is 15.0. The molecule has 4 heteroatoms. The quantitative estimate of drug-likeness (QED) is 0.774. The van der Waals surface area contributed by atoms with E-state index < -0.39 is 17.7 Å². The molecule has 0 spiro atoms. The fraction of sp³-hybridized carbons (Fsp3) is 0.118. The van der Waals surface area contributed by atoms with Crippen LogP contribution < -0.4 is 0 Å². The lowest BCUT2D eigenvalue weighted by molar-refractivity contribution is 0.215. The smallest absolute Gasteiger partial charge is 0.132 e. The van der Waals surface area contributed by atoms with Gasteiger partial charge in [-0.15, -0.1) is 0 Å². The Kier molecular flexibility index (Phi) is 3.39. The van der Waals surface area contributed by atoms with E-state index in [-0.39, 0.29) is 5.56 Å². The lowest BCUT2D eigenvalue weighted by atomic mass is 9.99. The van der Waals surface area contributed by atoms with Crippen LogP contribution in [0.3, 0.4) is 0 Å². The van der Waals surface area contributed by atoms with Crippen molar-refractivity contribution in [2.24, 2.45) is 0 Å². The molecule has 106 valence electrons. The Morgan fingerprint density at radius 2 is 1.81 bits per heavy atom. The molecule has 3 aromatic rings. The highest BCUT2D eigenvalue weighted by Gasteiger charge is 2.16. The summed E-state index contributed by atoms with van der Waals surface area (Å²) in [5, 5.41) is 11.2. The van der Waals surface area contributed by atoms with Gasteiger partial charge < -0.3 is 5.11 Å². The molecule has 3 rings (SSSR count). The van der Waals surface area contributed by atoms with Crippen molar-refractivity contribution in [3.63, 3.8) is 0 Å². The Bertz CT molecular complexity index is 817. The molecule has 0 saturated carbocycles. The topological polar surface area (TPSA) is 33.1 Å². The molecule has 0 amide bonds. The first-order valence-electron chi connectivity index (χ1n) is 6.55. The fourth-order valence-electron chi connectivity index (χ4n) is 2.32. The highest BCUT2D eigenvalue weighted by atomic mass is 19.1. The van der Waals surface area contributed by atoms with Crippen LogP contribution in [0.5, 0.6) is 0 Å². The minimum Gasteiger partial charge on any atom is -0.384 e. The summed E-state index contributed by atoms with van der Waals surface area (Å²) in [6.45, 7) is 1.90. The number of hydrogen-bond donors (Lipinski definition) is 1. The van der Waals surface area contributed by atoms with Gasteiger partial charge >= 0.3 is 0 Å². The van der Waals surface area contributed by atoms with Crippen molar-refractivity contribution in [2.75, 3.05) is 0 Å². The van der Waals surface area contributed by atoms with Crippen LogP contribution in [0.1, 0.15) is 22.9 Å². The number of aliphatic hydroxyl groups is 1. The molecular weight excluding hydrogens is 272 g/mol. The number of nitrogens with zero attached hydrogens (tertiary/aromatic N) is 1. The molecule has 0 aliphatic heterocycles.